The van der Waals surface area contributed by atoms with E-state index >= 15 is 0 Å². The Balaban J connectivity index is 1.72. The molecular formula is C17H21NO2. The Hall–Kier alpha value is -1.95. The monoisotopic (exact) mass is 271 g/mol. The number of benzene rings is 1. The zero-order valence-corrected chi connectivity index (χ0v) is 12.4. The topological polar surface area (TPSA) is 38.3 Å². The first-order valence-corrected chi connectivity index (χ1v) is 7.01. The first-order chi connectivity index (χ1) is 9.44. The number of carbonyl (C=O) groups is 1. The fourth-order valence-corrected chi connectivity index (χ4v) is 1.98. The molecule has 3 nitrogen and oxygen atoms in total. The summed E-state index contributed by atoms with van der Waals surface area (Å²) < 4.78 is 5.14. The van der Waals surface area contributed by atoms with Crippen LogP contribution in [0.4, 0.5) is 4.79 Å². The summed E-state index contributed by atoms with van der Waals surface area (Å²) in [4.78, 5) is 11.4. The molecule has 3 heteroatoms. The van der Waals surface area contributed by atoms with E-state index in [-0.39, 0.29) is 6.09 Å². The number of hydrogen-bond donors (Lipinski definition) is 1. The van der Waals surface area contributed by atoms with Crippen LogP contribution in [0.15, 0.2) is 18.2 Å². The maximum atomic E-state index is 11.4. The molecule has 1 aliphatic rings. The lowest BCUT2D eigenvalue weighted by Crippen LogP contribution is -2.32. The summed E-state index contributed by atoms with van der Waals surface area (Å²) in [6.07, 6.45) is 2.60. The van der Waals surface area contributed by atoms with Crippen molar-refractivity contribution >= 4 is 6.09 Å². The van der Waals surface area contributed by atoms with Crippen molar-refractivity contribution in [1.29, 1.82) is 0 Å². The molecule has 0 saturated heterocycles. The van der Waals surface area contributed by atoms with Gasteiger partial charge in [-0.25, -0.2) is 4.79 Å². The molecule has 0 radical (unpaired) electrons. The summed E-state index contributed by atoms with van der Waals surface area (Å²) in [5.41, 5.74) is 3.47. The lowest BCUT2D eigenvalue weighted by molar-refractivity contribution is 0.0529. The Morgan fingerprint density at radius 1 is 1.30 bits per heavy atom. The van der Waals surface area contributed by atoms with E-state index in [0.29, 0.717) is 13.0 Å². The molecule has 1 aliphatic carbocycles. The van der Waals surface area contributed by atoms with Crippen LogP contribution in [0.3, 0.4) is 0 Å². The highest BCUT2D eigenvalue weighted by Gasteiger charge is 2.15. The Bertz CT molecular complexity index is 559. The van der Waals surface area contributed by atoms with Crippen LogP contribution in [0.2, 0.25) is 0 Å². The molecule has 20 heavy (non-hydrogen) atoms. The lowest BCUT2D eigenvalue weighted by Gasteiger charge is -2.19. The molecule has 0 aromatic heterocycles. The summed E-state index contributed by atoms with van der Waals surface area (Å²) in [6.45, 7) is 6.04. The van der Waals surface area contributed by atoms with Gasteiger partial charge in [0.25, 0.3) is 0 Å². The highest BCUT2D eigenvalue weighted by atomic mass is 16.6. The molecule has 1 aromatic rings. The quantitative estimate of drug-likeness (QED) is 0.663. The van der Waals surface area contributed by atoms with E-state index in [1.165, 1.54) is 24.0 Å². The van der Waals surface area contributed by atoms with E-state index in [1.807, 2.05) is 20.8 Å². The molecular weight excluding hydrogens is 250 g/mol. The van der Waals surface area contributed by atoms with Gasteiger partial charge >= 0.3 is 6.09 Å². The highest BCUT2D eigenvalue weighted by Crippen LogP contribution is 2.23. The molecule has 1 N–H and O–H groups in total. The predicted octanol–water partition coefficient (Wildman–Crippen LogP) is 3.05. The minimum Gasteiger partial charge on any atom is -0.444 e. The SMILES string of the molecule is CC(C)(C)OC(=O)NCCC#Cc1ccc2c(c1)CC2. The molecule has 0 unspecified atom stereocenters. The molecule has 1 aromatic carbocycles. The predicted molar refractivity (Wildman–Crippen MR) is 79.6 cm³/mol. The second-order valence-electron chi connectivity index (χ2n) is 5.96. The van der Waals surface area contributed by atoms with Crippen LogP contribution < -0.4 is 5.32 Å². The van der Waals surface area contributed by atoms with Crippen LogP contribution in [0.25, 0.3) is 0 Å². The smallest absolute Gasteiger partial charge is 0.407 e. The van der Waals surface area contributed by atoms with Crippen LogP contribution in [-0.2, 0) is 17.6 Å². The van der Waals surface area contributed by atoms with Gasteiger partial charge in [0.15, 0.2) is 0 Å². The molecule has 0 saturated carbocycles. The highest BCUT2D eigenvalue weighted by molar-refractivity contribution is 5.67. The van der Waals surface area contributed by atoms with Gasteiger partial charge in [0.1, 0.15) is 5.60 Å². The van der Waals surface area contributed by atoms with E-state index < -0.39 is 5.60 Å². The van der Waals surface area contributed by atoms with E-state index in [2.05, 4.69) is 35.4 Å². The largest absolute Gasteiger partial charge is 0.444 e. The molecule has 0 aliphatic heterocycles. The zero-order valence-electron chi connectivity index (χ0n) is 12.4. The number of fused-ring (bicyclic) bond motifs is 1. The van der Waals surface area contributed by atoms with Crippen molar-refractivity contribution in [3.8, 4) is 11.8 Å². The Morgan fingerprint density at radius 3 is 2.65 bits per heavy atom. The van der Waals surface area contributed by atoms with E-state index in [4.69, 9.17) is 4.74 Å². The Labute approximate surface area is 120 Å². The second kappa shape index (κ2) is 6.00. The molecule has 0 atom stereocenters. The molecule has 2 rings (SSSR count). The summed E-state index contributed by atoms with van der Waals surface area (Å²) in [5.74, 6) is 6.20. The summed E-state index contributed by atoms with van der Waals surface area (Å²) >= 11 is 0. The van der Waals surface area contributed by atoms with Gasteiger partial charge in [-0.2, -0.15) is 0 Å². The number of amides is 1. The number of aryl methyl sites for hydroxylation is 2. The fourth-order valence-electron chi connectivity index (χ4n) is 1.98. The maximum absolute atomic E-state index is 11.4. The van der Waals surface area contributed by atoms with E-state index in [0.717, 1.165) is 5.56 Å². The van der Waals surface area contributed by atoms with E-state index in [9.17, 15) is 4.79 Å². The average Bonchev–Trinajstić information content (AvgIpc) is 2.29. The number of rotatable bonds is 2. The minimum atomic E-state index is -0.457. The van der Waals surface area contributed by atoms with Gasteiger partial charge in [0, 0.05) is 18.5 Å². The standard InChI is InChI=1S/C17H21NO2/c1-17(2,3)20-16(19)18-11-5-4-6-13-7-8-14-9-10-15(14)12-13/h7-8,12H,5,9-11H2,1-3H3,(H,18,19). The third-order valence-corrected chi connectivity index (χ3v) is 3.02. The number of ether oxygens (including phenoxy) is 1. The van der Waals surface area contributed by atoms with Crippen molar-refractivity contribution in [3.63, 3.8) is 0 Å². The third kappa shape index (κ3) is 4.31. The molecule has 0 fully saturated rings. The van der Waals surface area contributed by atoms with Crippen molar-refractivity contribution < 1.29 is 9.53 Å². The number of hydrogen-bond acceptors (Lipinski definition) is 2. The van der Waals surface area contributed by atoms with Crippen LogP contribution in [0.5, 0.6) is 0 Å². The molecule has 106 valence electrons. The molecule has 1 amide bonds. The number of alkyl carbamates (subject to hydrolysis) is 1. The van der Waals surface area contributed by atoms with Gasteiger partial charge < -0.3 is 10.1 Å². The Kier molecular flexibility index (Phi) is 4.34. The van der Waals surface area contributed by atoms with Gasteiger partial charge in [-0.05, 0) is 56.9 Å². The first-order valence-electron chi connectivity index (χ1n) is 7.01. The summed E-state index contributed by atoms with van der Waals surface area (Å²) in [7, 11) is 0. The number of carbonyl (C=O) groups excluding carboxylic acids is 1. The maximum Gasteiger partial charge on any atom is 0.407 e. The van der Waals surface area contributed by atoms with Gasteiger partial charge in [-0.1, -0.05) is 17.9 Å². The average molecular weight is 271 g/mol. The van der Waals surface area contributed by atoms with Crippen molar-refractivity contribution in [1.82, 2.24) is 5.32 Å². The van der Waals surface area contributed by atoms with Crippen LogP contribution in [-0.4, -0.2) is 18.2 Å². The summed E-state index contributed by atoms with van der Waals surface area (Å²) in [6, 6.07) is 6.38. The third-order valence-electron chi connectivity index (χ3n) is 3.02. The number of nitrogens with one attached hydrogen (secondary N) is 1. The van der Waals surface area contributed by atoms with Crippen molar-refractivity contribution in [2.75, 3.05) is 6.54 Å². The van der Waals surface area contributed by atoms with Crippen LogP contribution >= 0.6 is 0 Å². The lowest BCUT2D eigenvalue weighted by atomic mass is 9.87. The minimum absolute atomic E-state index is 0.389. The van der Waals surface area contributed by atoms with Crippen LogP contribution in [0, 0.1) is 11.8 Å². The fraction of sp³-hybridized carbons (Fsp3) is 0.471. The molecule has 0 heterocycles. The molecule has 0 bridgehead atoms. The van der Waals surface area contributed by atoms with Crippen molar-refractivity contribution in [2.24, 2.45) is 0 Å². The van der Waals surface area contributed by atoms with Gasteiger partial charge in [0.05, 0.1) is 0 Å². The Morgan fingerprint density at radius 2 is 2.05 bits per heavy atom. The van der Waals surface area contributed by atoms with E-state index in [1.54, 1.807) is 0 Å². The van der Waals surface area contributed by atoms with Gasteiger partial charge in [-0.3, -0.25) is 0 Å². The molecule has 0 spiro atoms. The normalized spacial score (nSPS) is 12.6. The van der Waals surface area contributed by atoms with Gasteiger partial charge in [0.2, 0.25) is 0 Å². The zero-order chi connectivity index (χ0) is 14.6. The van der Waals surface area contributed by atoms with Crippen molar-refractivity contribution in [3.05, 3.63) is 34.9 Å². The second-order valence-corrected chi connectivity index (χ2v) is 5.96. The van der Waals surface area contributed by atoms with Crippen molar-refractivity contribution in [2.45, 2.75) is 45.6 Å². The van der Waals surface area contributed by atoms with Gasteiger partial charge in [-0.15, -0.1) is 0 Å². The first kappa shape index (κ1) is 14.5. The van der Waals surface area contributed by atoms with Crippen LogP contribution in [0.1, 0.15) is 43.9 Å². The summed E-state index contributed by atoms with van der Waals surface area (Å²) in [5, 5.41) is 2.69.